The van der Waals surface area contributed by atoms with E-state index in [1.165, 1.54) is 12.1 Å². The summed E-state index contributed by atoms with van der Waals surface area (Å²) in [5.41, 5.74) is 9.96. The predicted molar refractivity (Wildman–Crippen MR) is 151 cm³/mol. The van der Waals surface area contributed by atoms with Crippen molar-refractivity contribution in [2.24, 2.45) is 5.73 Å². The van der Waals surface area contributed by atoms with E-state index in [1.54, 1.807) is 12.3 Å². The van der Waals surface area contributed by atoms with Crippen molar-refractivity contribution in [3.05, 3.63) is 66.1 Å². The Morgan fingerprint density at radius 3 is 2.80 bits per heavy atom. The molecule has 0 radical (unpaired) electrons. The number of pyridine rings is 1. The first kappa shape index (κ1) is 26.2. The monoisotopic (exact) mass is 541 g/mol. The van der Waals surface area contributed by atoms with Gasteiger partial charge in [-0.25, -0.2) is 14.4 Å². The average Bonchev–Trinajstić information content (AvgIpc) is 3.38. The van der Waals surface area contributed by atoms with E-state index >= 15 is 0 Å². The molecule has 6 rings (SSSR count). The van der Waals surface area contributed by atoms with Crippen LogP contribution in [0.25, 0.3) is 28.2 Å². The number of halogens is 1. The lowest BCUT2D eigenvalue weighted by molar-refractivity contribution is 0.0322. The normalized spacial score (nSPS) is 18.1. The number of hydrogen-bond acceptors (Lipinski definition) is 8. The first-order valence-electron chi connectivity index (χ1n) is 13.7. The molecule has 2 N–H and O–H groups in total. The Hall–Kier alpha value is -4.04. The average molecular weight is 542 g/mol. The molecule has 0 aliphatic carbocycles. The molecule has 0 saturated carbocycles. The number of ether oxygens (including phenoxy) is 2. The van der Waals surface area contributed by atoms with Gasteiger partial charge in [-0.15, -0.1) is 0 Å². The number of hydrogen-bond donors (Lipinski definition) is 1. The lowest BCUT2D eigenvalue weighted by atomic mass is 10.1. The minimum absolute atomic E-state index is 0.0109. The molecule has 4 aromatic rings. The van der Waals surface area contributed by atoms with Crippen LogP contribution in [0.1, 0.15) is 18.4 Å². The molecular formula is C30H32FN7O2. The molecule has 0 amide bonds. The lowest BCUT2D eigenvalue weighted by Crippen LogP contribution is -2.42. The highest BCUT2D eigenvalue weighted by atomic mass is 19.1. The molecule has 2 aliphatic heterocycles. The maximum atomic E-state index is 14.8. The van der Waals surface area contributed by atoms with Crippen molar-refractivity contribution >= 4 is 16.9 Å². The zero-order valence-electron chi connectivity index (χ0n) is 22.3. The zero-order valence-corrected chi connectivity index (χ0v) is 22.3. The molecule has 9 nitrogen and oxygen atoms in total. The Bertz CT molecular complexity index is 1540. The highest BCUT2D eigenvalue weighted by Gasteiger charge is 2.24. The number of imidazole rings is 1. The van der Waals surface area contributed by atoms with Crippen LogP contribution in [0.5, 0.6) is 5.75 Å². The molecule has 0 bridgehead atoms. The minimum Gasteiger partial charge on any atom is -0.492 e. The van der Waals surface area contributed by atoms with Crippen LogP contribution in [0.3, 0.4) is 0 Å². The molecule has 2 aromatic carbocycles. The number of fused-ring (bicyclic) bond motifs is 1. The molecule has 2 fully saturated rings. The number of nitrogens with two attached hydrogens (primary N) is 1. The summed E-state index contributed by atoms with van der Waals surface area (Å²) in [6, 6.07) is 16.3. The van der Waals surface area contributed by atoms with Gasteiger partial charge in [-0.1, -0.05) is 6.07 Å². The second-order valence-corrected chi connectivity index (χ2v) is 10.2. The predicted octanol–water partition coefficient (Wildman–Crippen LogP) is 3.74. The summed E-state index contributed by atoms with van der Waals surface area (Å²) in [6.07, 6.45) is 3.78. The minimum atomic E-state index is -0.589. The van der Waals surface area contributed by atoms with E-state index in [0.29, 0.717) is 23.6 Å². The number of rotatable bonds is 7. The van der Waals surface area contributed by atoms with Crippen LogP contribution in [0.15, 0.2) is 54.7 Å². The van der Waals surface area contributed by atoms with Gasteiger partial charge in [0.15, 0.2) is 5.65 Å². The van der Waals surface area contributed by atoms with E-state index in [4.69, 9.17) is 25.2 Å². The third kappa shape index (κ3) is 5.36. The van der Waals surface area contributed by atoms with Crippen molar-refractivity contribution in [2.45, 2.75) is 18.9 Å². The molecule has 206 valence electrons. The maximum Gasteiger partial charge on any atom is 0.167 e. The van der Waals surface area contributed by atoms with Crippen LogP contribution in [0.4, 0.5) is 10.1 Å². The fraction of sp³-hybridized carbons (Fsp3) is 0.367. The lowest BCUT2D eigenvalue weighted by Gasteiger charge is -2.32. The van der Waals surface area contributed by atoms with Crippen LogP contribution in [0, 0.1) is 17.1 Å². The summed E-state index contributed by atoms with van der Waals surface area (Å²) in [6.45, 7) is 6.31. The van der Waals surface area contributed by atoms with Gasteiger partial charge in [0.25, 0.3) is 0 Å². The van der Waals surface area contributed by atoms with Gasteiger partial charge < -0.3 is 20.1 Å². The standard InChI is InChI=1S/C30H32FN7O2/c31-26-17-21(6-7-22(26)19-32)29-35-28-27(37-10-2-3-23(33)20-37)8-9-34-30(28)38(29)24-4-1-5-25(18-24)40-16-13-36-11-14-39-15-12-36/h1,4-9,17-18,23H,2-3,10-16,20,33H2. The van der Waals surface area contributed by atoms with Gasteiger partial charge in [-0.3, -0.25) is 9.47 Å². The zero-order chi connectivity index (χ0) is 27.5. The van der Waals surface area contributed by atoms with Gasteiger partial charge in [0.1, 0.15) is 35.6 Å². The summed E-state index contributed by atoms with van der Waals surface area (Å²) < 4.78 is 28.3. The highest BCUT2D eigenvalue weighted by Crippen LogP contribution is 2.34. The molecule has 2 saturated heterocycles. The molecule has 1 unspecified atom stereocenters. The maximum absolute atomic E-state index is 14.8. The van der Waals surface area contributed by atoms with Gasteiger partial charge in [0, 0.05) is 56.6 Å². The first-order valence-corrected chi connectivity index (χ1v) is 13.7. The fourth-order valence-corrected chi connectivity index (χ4v) is 5.46. The van der Waals surface area contributed by atoms with E-state index in [-0.39, 0.29) is 11.6 Å². The van der Waals surface area contributed by atoms with Gasteiger partial charge in [0.2, 0.25) is 0 Å². The SMILES string of the molecule is N#Cc1ccc(-c2nc3c(N4CCCC(N)C4)ccnc3n2-c2cccc(OCCN3CCOCC3)c2)cc1F. The van der Waals surface area contributed by atoms with Gasteiger partial charge in [0.05, 0.1) is 30.2 Å². The summed E-state index contributed by atoms with van der Waals surface area (Å²) in [4.78, 5) is 14.3. The molecule has 10 heteroatoms. The third-order valence-electron chi connectivity index (χ3n) is 7.53. The Balaban J connectivity index is 1.40. The molecule has 1 atom stereocenters. The smallest absolute Gasteiger partial charge is 0.167 e. The largest absolute Gasteiger partial charge is 0.492 e. The number of morpholine rings is 1. The van der Waals surface area contributed by atoms with Crippen molar-refractivity contribution in [1.82, 2.24) is 19.4 Å². The van der Waals surface area contributed by atoms with Crippen LogP contribution >= 0.6 is 0 Å². The fourth-order valence-electron chi connectivity index (χ4n) is 5.46. The van der Waals surface area contributed by atoms with Crippen LogP contribution in [0.2, 0.25) is 0 Å². The number of nitrogens with zero attached hydrogens (tertiary/aromatic N) is 6. The summed E-state index contributed by atoms with van der Waals surface area (Å²) in [5, 5.41) is 9.25. The van der Waals surface area contributed by atoms with Crippen LogP contribution in [-0.2, 0) is 4.74 Å². The second kappa shape index (κ2) is 11.6. The number of nitriles is 1. The molecule has 2 aromatic heterocycles. The van der Waals surface area contributed by atoms with Crippen molar-refractivity contribution < 1.29 is 13.9 Å². The number of anilines is 1. The van der Waals surface area contributed by atoms with Gasteiger partial charge >= 0.3 is 0 Å². The topological polar surface area (TPSA) is 105 Å². The van der Waals surface area contributed by atoms with Crippen molar-refractivity contribution in [2.75, 3.05) is 57.4 Å². The van der Waals surface area contributed by atoms with E-state index in [0.717, 1.165) is 81.4 Å². The Labute approximate surface area is 232 Å². The third-order valence-corrected chi connectivity index (χ3v) is 7.53. The van der Waals surface area contributed by atoms with Gasteiger partial charge in [-0.2, -0.15) is 5.26 Å². The number of benzene rings is 2. The van der Waals surface area contributed by atoms with E-state index in [2.05, 4.69) is 9.80 Å². The molecular weight excluding hydrogens is 509 g/mol. The van der Waals surface area contributed by atoms with Crippen molar-refractivity contribution in [1.29, 1.82) is 5.26 Å². The molecule has 0 spiro atoms. The van der Waals surface area contributed by atoms with Crippen LogP contribution in [-0.4, -0.2) is 78.0 Å². The second-order valence-electron chi connectivity index (χ2n) is 10.2. The van der Waals surface area contributed by atoms with Gasteiger partial charge in [-0.05, 0) is 49.2 Å². The summed E-state index contributed by atoms with van der Waals surface area (Å²) >= 11 is 0. The quantitative estimate of drug-likeness (QED) is 0.377. The number of aromatic nitrogens is 3. The molecule has 40 heavy (non-hydrogen) atoms. The Morgan fingerprint density at radius 2 is 2.00 bits per heavy atom. The highest BCUT2D eigenvalue weighted by molar-refractivity contribution is 5.90. The van der Waals surface area contributed by atoms with Crippen molar-refractivity contribution in [3.8, 4) is 28.9 Å². The molecule has 4 heterocycles. The molecule has 2 aliphatic rings. The van der Waals surface area contributed by atoms with E-state index in [9.17, 15) is 9.65 Å². The van der Waals surface area contributed by atoms with Crippen LogP contribution < -0.4 is 15.4 Å². The summed E-state index contributed by atoms with van der Waals surface area (Å²) in [5.74, 6) is 0.668. The number of piperidine rings is 1. The Morgan fingerprint density at radius 1 is 1.12 bits per heavy atom. The van der Waals surface area contributed by atoms with E-state index in [1.807, 2.05) is 41.0 Å². The first-order chi connectivity index (χ1) is 19.6. The van der Waals surface area contributed by atoms with E-state index < -0.39 is 5.82 Å². The summed E-state index contributed by atoms with van der Waals surface area (Å²) in [7, 11) is 0. The van der Waals surface area contributed by atoms with Crippen molar-refractivity contribution in [3.63, 3.8) is 0 Å². The Kier molecular flexibility index (Phi) is 7.60.